The maximum Gasteiger partial charge on any atom is 0.169 e. The predicted molar refractivity (Wildman–Crippen MR) is 51.9 cm³/mol. The Hall–Kier alpha value is -0.410. The molecule has 0 bridgehead atoms. The molecule has 2 rings (SSSR count). The average molecular weight is 198 g/mol. The van der Waals surface area contributed by atoms with Gasteiger partial charge in [0, 0.05) is 12.8 Å². The third kappa shape index (κ3) is 1.59. The van der Waals surface area contributed by atoms with Crippen LogP contribution in [0.4, 0.5) is 0 Å². The van der Waals surface area contributed by atoms with Crippen molar-refractivity contribution in [1.82, 2.24) is 0 Å². The second-order valence-electron chi connectivity index (χ2n) is 4.65. The van der Waals surface area contributed by atoms with Gasteiger partial charge in [-0.1, -0.05) is 6.42 Å². The molecule has 0 aromatic rings. The van der Waals surface area contributed by atoms with Crippen LogP contribution in [0.1, 0.15) is 46.0 Å². The number of hydrogen-bond acceptors (Lipinski definition) is 3. The van der Waals surface area contributed by atoms with E-state index in [0.29, 0.717) is 6.61 Å². The molecule has 2 aliphatic rings. The molecule has 0 aromatic heterocycles. The quantitative estimate of drug-likeness (QED) is 0.646. The molecule has 0 N–H and O–H groups in total. The summed E-state index contributed by atoms with van der Waals surface area (Å²) in [6.45, 7) is 3.83. The molecule has 0 amide bonds. The van der Waals surface area contributed by atoms with Gasteiger partial charge in [0.15, 0.2) is 11.6 Å². The summed E-state index contributed by atoms with van der Waals surface area (Å²) in [6, 6.07) is 0. The highest BCUT2D eigenvalue weighted by Gasteiger charge is 2.50. The highest BCUT2D eigenvalue weighted by molar-refractivity contribution is 5.85. The fourth-order valence-corrected chi connectivity index (χ4v) is 2.25. The van der Waals surface area contributed by atoms with Crippen molar-refractivity contribution in [3.8, 4) is 0 Å². The minimum atomic E-state index is -0.697. The Morgan fingerprint density at radius 3 is 2.36 bits per heavy atom. The first-order valence-corrected chi connectivity index (χ1v) is 5.42. The van der Waals surface area contributed by atoms with Crippen LogP contribution in [0.25, 0.3) is 0 Å². The molecule has 2 fully saturated rings. The maximum absolute atomic E-state index is 11.4. The number of rotatable bonds is 1. The largest absolute Gasteiger partial charge is 0.346 e. The number of carbonyl (C=O) groups is 1. The Kier molecular flexibility index (Phi) is 2.40. The van der Waals surface area contributed by atoms with E-state index < -0.39 is 11.4 Å². The smallest absolute Gasteiger partial charge is 0.169 e. The van der Waals surface area contributed by atoms with Gasteiger partial charge < -0.3 is 9.47 Å². The van der Waals surface area contributed by atoms with E-state index in [-0.39, 0.29) is 5.78 Å². The zero-order valence-electron chi connectivity index (χ0n) is 8.97. The van der Waals surface area contributed by atoms with Crippen LogP contribution in [0.2, 0.25) is 0 Å². The molecular formula is C11H18O3. The summed E-state index contributed by atoms with van der Waals surface area (Å²) >= 11 is 0. The fourth-order valence-electron chi connectivity index (χ4n) is 2.25. The van der Waals surface area contributed by atoms with Gasteiger partial charge in [-0.3, -0.25) is 4.79 Å². The van der Waals surface area contributed by atoms with Gasteiger partial charge in [0.2, 0.25) is 0 Å². The molecule has 1 spiro atoms. The minimum Gasteiger partial charge on any atom is -0.346 e. The maximum atomic E-state index is 11.4. The van der Waals surface area contributed by atoms with Crippen molar-refractivity contribution in [2.75, 3.05) is 6.61 Å². The summed E-state index contributed by atoms with van der Waals surface area (Å²) in [7, 11) is 0. The Bertz CT molecular complexity index is 243. The van der Waals surface area contributed by atoms with Crippen molar-refractivity contribution >= 4 is 5.78 Å². The van der Waals surface area contributed by atoms with Crippen LogP contribution < -0.4 is 0 Å². The van der Waals surface area contributed by atoms with Crippen LogP contribution in [-0.4, -0.2) is 23.8 Å². The van der Waals surface area contributed by atoms with Gasteiger partial charge in [-0.25, -0.2) is 0 Å². The van der Waals surface area contributed by atoms with Crippen molar-refractivity contribution in [3.63, 3.8) is 0 Å². The molecule has 1 atom stereocenters. The number of ether oxygens (including phenoxy) is 2. The first kappa shape index (κ1) is 10.1. The summed E-state index contributed by atoms with van der Waals surface area (Å²) < 4.78 is 11.6. The molecule has 1 saturated heterocycles. The summed E-state index contributed by atoms with van der Waals surface area (Å²) in [6.07, 6.45) is 5.43. The lowest BCUT2D eigenvalue weighted by Crippen LogP contribution is -2.40. The van der Waals surface area contributed by atoms with Crippen LogP contribution >= 0.6 is 0 Å². The van der Waals surface area contributed by atoms with Crippen LogP contribution in [0.3, 0.4) is 0 Å². The normalized spacial score (nSPS) is 36.1. The van der Waals surface area contributed by atoms with E-state index in [4.69, 9.17) is 9.47 Å². The minimum absolute atomic E-state index is 0.0694. The molecule has 1 aliphatic heterocycles. The van der Waals surface area contributed by atoms with Crippen molar-refractivity contribution in [2.45, 2.75) is 57.3 Å². The number of hydrogen-bond donors (Lipinski definition) is 0. The van der Waals surface area contributed by atoms with E-state index in [1.807, 2.05) is 6.92 Å². The molecule has 3 heteroatoms. The molecule has 0 radical (unpaired) electrons. The Morgan fingerprint density at radius 1 is 1.21 bits per heavy atom. The van der Waals surface area contributed by atoms with Gasteiger partial charge in [0.05, 0.1) is 6.61 Å². The molecule has 1 unspecified atom stereocenters. The molecular weight excluding hydrogens is 180 g/mol. The van der Waals surface area contributed by atoms with E-state index in [9.17, 15) is 4.79 Å². The number of Topliss-reactive ketones (excluding diaryl/α,β-unsaturated/α-hetero) is 1. The second-order valence-corrected chi connectivity index (χ2v) is 4.65. The number of carbonyl (C=O) groups excluding carboxylic acids is 1. The highest BCUT2D eigenvalue weighted by atomic mass is 16.8. The standard InChI is InChI=1S/C11H18O3/c1-9(12)10(2)8-13-11(14-10)6-4-3-5-7-11/h3-8H2,1-2H3. The lowest BCUT2D eigenvalue weighted by molar-refractivity contribution is -0.202. The number of ketones is 1. The van der Waals surface area contributed by atoms with Gasteiger partial charge in [-0.05, 0) is 26.7 Å². The van der Waals surface area contributed by atoms with Gasteiger partial charge in [0.1, 0.15) is 5.60 Å². The van der Waals surface area contributed by atoms with Crippen molar-refractivity contribution in [3.05, 3.63) is 0 Å². The summed E-state index contributed by atoms with van der Waals surface area (Å²) in [4.78, 5) is 11.4. The van der Waals surface area contributed by atoms with Crippen molar-refractivity contribution in [1.29, 1.82) is 0 Å². The first-order chi connectivity index (χ1) is 6.56. The van der Waals surface area contributed by atoms with Crippen LogP contribution in [0.15, 0.2) is 0 Å². The molecule has 1 aliphatic carbocycles. The monoisotopic (exact) mass is 198 g/mol. The molecule has 1 heterocycles. The van der Waals surface area contributed by atoms with Gasteiger partial charge in [-0.15, -0.1) is 0 Å². The van der Waals surface area contributed by atoms with E-state index in [1.54, 1.807) is 6.92 Å². The lowest BCUT2D eigenvalue weighted by atomic mass is 9.94. The summed E-state index contributed by atoms with van der Waals surface area (Å²) in [5, 5.41) is 0. The van der Waals surface area contributed by atoms with Crippen LogP contribution in [-0.2, 0) is 14.3 Å². The van der Waals surface area contributed by atoms with Gasteiger partial charge >= 0.3 is 0 Å². The second kappa shape index (κ2) is 3.31. The Labute approximate surface area is 84.8 Å². The van der Waals surface area contributed by atoms with E-state index in [2.05, 4.69) is 0 Å². The summed E-state index contributed by atoms with van der Waals surface area (Å²) in [5.41, 5.74) is -0.697. The predicted octanol–water partition coefficient (Wildman–Crippen LogP) is 2.04. The first-order valence-electron chi connectivity index (χ1n) is 5.42. The van der Waals surface area contributed by atoms with Crippen LogP contribution in [0, 0.1) is 0 Å². The van der Waals surface area contributed by atoms with E-state index >= 15 is 0 Å². The molecule has 1 saturated carbocycles. The zero-order chi connectivity index (χ0) is 10.2. The lowest BCUT2D eigenvalue weighted by Gasteiger charge is -2.33. The molecule has 80 valence electrons. The van der Waals surface area contributed by atoms with Gasteiger partial charge in [-0.2, -0.15) is 0 Å². The van der Waals surface area contributed by atoms with E-state index in [1.165, 1.54) is 6.42 Å². The van der Waals surface area contributed by atoms with Crippen LogP contribution in [0.5, 0.6) is 0 Å². The Balaban J connectivity index is 2.09. The molecule has 0 aromatic carbocycles. The zero-order valence-corrected chi connectivity index (χ0v) is 8.97. The molecule has 14 heavy (non-hydrogen) atoms. The van der Waals surface area contributed by atoms with Crippen molar-refractivity contribution in [2.24, 2.45) is 0 Å². The fraction of sp³-hybridized carbons (Fsp3) is 0.909. The SMILES string of the molecule is CC(=O)C1(C)COC2(CCCCC2)O1. The average Bonchev–Trinajstić information content (AvgIpc) is 2.47. The van der Waals surface area contributed by atoms with Gasteiger partial charge in [0.25, 0.3) is 0 Å². The third-order valence-electron chi connectivity index (χ3n) is 3.38. The highest BCUT2D eigenvalue weighted by Crippen LogP contribution is 2.41. The Morgan fingerprint density at radius 2 is 1.86 bits per heavy atom. The summed E-state index contributed by atoms with van der Waals surface area (Å²) in [5.74, 6) is -0.362. The van der Waals surface area contributed by atoms with Crippen molar-refractivity contribution < 1.29 is 14.3 Å². The molecule has 3 nitrogen and oxygen atoms in total. The van der Waals surface area contributed by atoms with E-state index in [0.717, 1.165) is 25.7 Å². The topological polar surface area (TPSA) is 35.5 Å². The third-order valence-corrected chi connectivity index (χ3v) is 3.38.